The summed E-state index contributed by atoms with van der Waals surface area (Å²) in [6, 6.07) is 14.1. The molecule has 29 heavy (non-hydrogen) atoms. The molecule has 0 spiro atoms. The van der Waals surface area contributed by atoms with Crippen molar-refractivity contribution in [1.29, 1.82) is 0 Å². The molecule has 150 valence electrons. The van der Waals surface area contributed by atoms with Crippen LogP contribution in [0.25, 0.3) is 11.3 Å². The number of hydrogen-bond donors (Lipinski definition) is 1. The summed E-state index contributed by atoms with van der Waals surface area (Å²) in [5, 5.41) is 17.5. The third-order valence-electron chi connectivity index (χ3n) is 4.13. The third-order valence-corrected chi connectivity index (χ3v) is 4.87. The second-order valence-corrected chi connectivity index (χ2v) is 7.20. The van der Waals surface area contributed by atoms with E-state index in [1.807, 2.05) is 29.6 Å². The smallest absolute Gasteiger partial charge is 0.269 e. The maximum absolute atomic E-state index is 10.7. The van der Waals surface area contributed by atoms with Gasteiger partial charge in [0.2, 0.25) is 5.13 Å². The summed E-state index contributed by atoms with van der Waals surface area (Å²) in [7, 11) is 0. The molecule has 7 nitrogen and oxygen atoms in total. The van der Waals surface area contributed by atoms with E-state index >= 15 is 0 Å². The lowest BCUT2D eigenvalue weighted by Gasteiger charge is -2.06. The van der Waals surface area contributed by atoms with Gasteiger partial charge in [0.05, 0.1) is 23.4 Å². The molecule has 0 amide bonds. The number of unbranched alkanes of at least 4 members (excludes halogenated alkanes) is 2. The molecule has 1 aromatic heterocycles. The van der Waals surface area contributed by atoms with Gasteiger partial charge in [-0.05, 0) is 36.2 Å². The molecule has 0 bridgehead atoms. The number of nitrogens with one attached hydrogen (secondary N) is 1. The Bertz CT molecular complexity index is 970. The van der Waals surface area contributed by atoms with E-state index in [1.165, 1.54) is 36.3 Å². The van der Waals surface area contributed by atoms with Crippen molar-refractivity contribution in [2.75, 3.05) is 12.0 Å². The summed E-state index contributed by atoms with van der Waals surface area (Å²) in [5.41, 5.74) is 5.46. The van der Waals surface area contributed by atoms with Gasteiger partial charge in [0, 0.05) is 23.1 Å². The highest BCUT2D eigenvalue weighted by Crippen LogP contribution is 2.26. The first kappa shape index (κ1) is 20.5. The van der Waals surface area contributed by atoms with Crippen molar-refractivity contribution in [2.24, 2.45) is 5.10 Å². The molecule has 2 aromatic carbocycles. The van der Waals surface area contributed by atoms with E-state index < -0.39 is 4.92 Å². The van der Waals surface area contributed by atoms with Crippen molar-refractivity contribution in [1.82, 2.24) is 4.98 Å². The first-order chi connectivity index (χ1) is 14.2. The number of hydrogen-bond acceptors (Lipinski definition) is 7. The maximum Gasteiger partial charge on any atom is 0.269 e. The fourth-order valence-electron chi connectivity index (χ4n) is 2.60. The van der Waals surface area contributed by atoms with Crippen LogP contribution in [0.4, 0.5) is 10.8 Å². The fourth-order valence-corrected chi connectivity index (χ4v) is 3.27. The Morgan fingerprint density at radius 1 is 1.24 bits per heavy atom. The van der Waals surface area contributed by atoms with Crippen molar-refractivity contribution in [3.05, 3.63) is 69.6 Å². The van der Waals surface area contributed by atoms with E-state index in [4.69, 9.17) is 4.74 Å². The van der Waals surface area contributed by atoms with Gasteiger partial charge in [-0.25, -0.2) is 4.98 Å². The number of nitro groups is 1. The van der Waals surface area contributed by atoms with Gasteiger partial charge >= 0.3 is 0 Å². The van der Waals surface area contributed by atoms with Crippen LogP contribution in [-0.2, 0) is 0 Å². The lowest BCUT2D eigenvalue weighted by atomic mass is 10.1. The number of hydrazone groups is 1. The average molecular weight is 410 g/mol. The molecule has 8 heteroatoms. The lowest BCUT2D eigenvalue weighted by molar-refractivity contribution is -0.384. The second kappa shape index (κ2) is 10.3. The summed E-state index contributed by atoms with van der Waals surface area (Å²) in [6.07, 6.45) is 5.11. The normalized spacial score (nSPS) is 10.9. The molecule has 0 fully saturated rings. The predicted molar refractivity (Wildman–Crippen MR) is 117 cm³/mol. The monoisotopic (exact) mass is 410 g/mol. The van der Waals surface area contributed by atoms with Crippen molar-refractivity contribution in [3.8, 4) is 17.0 Å². The van der Waals surface area contributed by atoms with Crippen LogP contribution in [0.5, 0.6) is 5.75 Å². The van der Waals surface area contributed by atoms with E-state index in [1.54, 1.807) is 18.3 Å². The molecular weight excluding hydrogens is 388 g/mol. The minimum atomic E-state index is -0.419. The zero-order chi connectivity index (χ0) is 20.5. The number of nitrogens with zero attached hydrogens (tertiary/aromatic N) is 3. The Labute approximate surface area is 173 Å². The Kier molecular flexibility index (Phi) is 7.29. The maximum atomic E-state index is 10.7. The van der Waals surface area contributed by atoms with Crippen molar-refractivity contribution < 1.29 is 9.66 Å². The van der Waals surface area contributed by atoms with Crippen LogP contribution in [0.2, 0.25) is 0 Å². The molecule has 1 heterocycles. The van der Waals surface area contributed by atoms with E-state index in [2.05, 4.69) is 22.4 Å². The van der Waals surface area contributed by atoms with Gasteiger partial charge in [-0.15, -0.1) is 11.3 Å². The lowest BCUT2D eigenvalue weighted by Crippen LogP contribution is -1.97. The minimum absolute atomic E-state index is 0.0588. The fraction of sp³-hybridized carbons (Fsp3) is 0.238. The Hall–Kier alpha value is -3.26. The van der Waals surface area contributed by atoms with Crippen LogP contribution < -0.4 is 10.2 Å². The number of anilines is 1. The first-order valence-corrected chi connectivity index (χ1v) is 10.3. The highest BCUT2D eigenvalue weighted by molar-refractivity contribution is 7.14. The van der Waals surface area contributed by atoms with Gasteiger partial charge in [0.1, 0.15) is 5.75 Å². The zero-order valence-electron chi connectivity index (χ0n) is 16.1. The van der Waals surface area contributed by atoms with Crippen LogP contribution in [0, 0.1) is 10.1 Å². The molecule has 0 saturated carbocycles. The summed E-state index contributed by atoms with van der Waals surface area (Å²) in [4.78, 5) is 14.8. The number of thiazole rings is 1. The topological polar surface area (TPSA) is 89.7 Å². The molecule has 1 N–H and O–H groups in total. The molecule has 3 aromatic rings. The zero-order valence-corrected chi connectivity index (χ0v) is 16.9. The molecule has 3 rings (SSSR count). The van der Waals surface area contributed by atoms with Crippen LogP contribution in [0.1, 0.15) is 31.7 Å². The van der Waals surface area contributed by atoms with Gasteiger partial charge in [-0.1, -0.05) is 31.9 Å². The van der Waals surface area contributed by atoms with Gasteiger partial charge in [0.15, 0.2) is 0 Å². The van der Waals surface area contributed by atoms with Gasteiger partial charge < -0.3 is 4.74 Å². The highest BCUT2D eigenvalue weighted by Gasteiger charge is 2.08. The Morgan fingerprint density at radius 2 is 2.07 bits per heavy atom. The minimum Gasteiger partial charge on any atom is -0.494 e. The quantitative estimate of drug-likeness (QED) is 0.199. The van der Waals surface area contributed by atoms with E-state index in [9.17, 15) is 10.1 Å². The van der Waals surface area contributed by atoms with Gasteiger partial charge in [-0.3, -0.25) is 15.5 Å². The number of aromatic nitrogens is 1. The summed E-state index contributed by atoms with van der Waals surface area (Å²) < 4.78 is 5.75. The van der Waals surface area contributed by atoms with Crippen LogP contribution in [0.15, 0.2) is 59.0 Å². The second-order valence-electron chi connectivity index (χ2n) is 6.34. The Balaban J connectivity index is 1.56. The third kappa shape index (κ3) is 6.11. The standard InChI is InChI=1S/C21H22N4O3S/c1-2-3-4-12-28-19-7-5-6-16(13-19)14-22-24-21-23-20(15-29-21)17-8-10-18(11-9-17)25(26)27/h5-11,13-15H,2-4,12H2,1H3,(H,23,24)/b22-14+. The van der Waals surface area contributed by atoms with Gasteiger partial charge in [0.25, 0.3) is 5.69 Å². The van der Waals surface area contributed by atoms with Crippen molar-refractivity contribution in [2.45, 2.75) is 26.2 Å². The molecule has 0 saturated heterocycles. The number of non-ortho nitro benzene ring substituents is 1. The molecule has 0 aliphatic rings. The summed E-state index contributed by atoms with van der Waals surface area (Å²) >= 11 is 1.41. The largest absolute Gasteiger partial charge is 0.494 e. The summed E-state index contributed by atoms with van der Waals surface area (Å²) in [5.74, 6) is 0.833. The number of rotatable bonds is 10. The van der Waals surface area contributed by atoms with Crippen LogP contribution in [-0.4, -0.2) is 22.7 Å². The van der Waals surface area contributed by atoms with Crippen LogP contribution >= 0.6 is 11.3 Å². The first-order valence-electron chi connectivity index (χ1n) is 9.38. The van der Waals surface area contributed by atoms with Crippen LogP contribution in [0.3, 0.4) is 0 Å². The highest BCUT2D eigenvalue weighted by atomic mass is 32.1. The number of ether oxygens (including phenoxy) is 1. The number of benzene rings is 2. The SMILES string of the molecule is CCCCCOc1cccc(/C=N/Nc2nc(-c3ccc([N+](=O)[O-])cc3)cs2)c1. The van der Waals surface area contributed by atoms with Crippen molar-refractivity contribution in [3.63, 3.8) is 0 Å². The predicted octanol–water partition coefficient (Wildman–Crippen LogP) is 5.73. The molecular formula is C21H22N4O3S. The molecule has 0 atom stereocenters. The number of nitro benzene ring substituents is 1. The molecule has 0 aliphatic carbocycles. The Morgan fingerprint density at radius 3 is 2.83 bits per heavy atom. The average Bonchev–Trinajstić information content (AvgIpc) is 3.21. The van der Waals surface area contributed by atoms with Gasteiger partial charge in [-0.2, -0.15) is 5.10 Å². The van der Waals surface area contributed by atoms with E-state index in [0.29, 0.717) is 5.13 Å². The molecule has 0 radical (unpaired) electrons. The molecule has 0 aliphatic heterocycles. The van der Waals surface area contributed by atoms with E-state index in [0.717, 1.165) is 35.6 Å². The molecule has 0 unspecified atom stereocenters. The van der Waals surface area contributed by atoms with E-state index in [-0.39, 0.29) is 5.69 Å². The summed E-state index contributed by atoms with van der Waals surface area (Å²) in [6.45, 7) is 2.89. The van der Waals surface area contributed by atoms with Crippen molar-refractivity contribution >= 4 is 28.4 Å².